The van der Waals surface area contributed by atoms with Crippen molar-refractivity contribution in [3.05, 3.63) is 46.7 Å². The van der Waals surface area contributed by atoms with E-state index in [0.717, 1.165) is 4.88 Å². The van der Waals surface area contributed by atoms with Crippen LogP contribution in [0.3, 0.4) is 0 Å². The van der Waals surface area contributed by atoms with Gasteiger partial charge in [0.2, 0.25) is 6.10 Å². The maximum atomic E-state index is 11.9. The molecule has 0 spiro atoms. The molecule has 6 heteroatoms. The van der Waals surface area contributed by atoms with Gasteiger partial charge in [0.15, 0.2) is 11.5 Å². The van der Waals surface area contributed by atoms with E-state index in [2.05, 4.69) is 10.5 Å². The van der Waals surface area contributed by atoms with Crippen molar-refractivity contribution in [3.63, 3.8) is 0 Å². The molecule has 0 saturated heterocycles. The highest BCUT2D eigenvalue weighted by atomic mass is 32.1. The number of para-hydroxylation sites is 2. The Labute approximate surface area is 119 Å². The van der Waals surface area contributed by atoms with E-state index in [1.807, 2.05) is 29.6 Å². The molecule has 5 nitrogen and oxygen atoms in total. The topological polar surface area (TPSA) is 59.9 Å². The normalized spacial score (nSPS) is 17.1. The predicted molar refractivity (Wildman–Crippen MR) is 76.4 cm³/mol. The van der Waals surface area contributed by atoms with Crippen molar-refractivity contribution < 1.29 is 14.3 Å². The van der Waals surface area contributed by atoms with Crippen LogP contribution in [0.1, 0.15) is 4.88 Å². The van der Waals surface area contributed by atoms with Gasteiger partial charge in [0, 0.05) is 4.88 Å². The van der Waals surface area contributed by atoms with E-state index in [-0.39, 0.29) is 12.5 Å². The third kappa shape index (κ3) is 2.80. The Morgan fingerprint density at radius 2 is 2.15 bits per heavy atom. The second-order valence-corrected chi connectivity index (χ2v) is 5.09. The first-order valence-electron chi connectivity index (χ1n) is 6.08. The predicted octanol–water partition coefficient (Wildman–Crippen LogP) is 2.04. The zero-order valence-electron chi connectivity index (χ0n) is 10.5. The number of hydrazone groups is 1. The van der Waals surface area contributed by atoms with E-state index in [1.165, 1.54) is 0 Å². The van der Waals surface area contributed by atoms with Gasteiger partial charge in [-0.25, -0.2) is 5.43 Å². The molecule has 1 unspecified atom stereocenters. The number of nitrogens with one attached hydrogen (secondary N) is 1. The van der Waals surface area contributed by atoms with Gasteiger partial charge in [-0.3, -0.25) is 4.79 Å². The molecular formula is C14H12N2O3S. The molecule has 0 saturated carbocycles. The van der Waals surface area contributed by atoms with Crippen LogP contribution in [0.2, 0.25) is 0 Å². The number of benzene rings is 1. The molecule has 102 valence electrons. The SMILES string of the molecule is O=C(N/N=C/c1cccs1)C1COc2ccccc2O1. The van der Waals surface area contributed by atoms with Crippen LogP contribution in [-0.4, -0.2) is 24.8 Å². The minimum atomic E-state index is -0.689. The second kappa shape index (κ2) is 5.75. The van der Waals surface area contributed by atoms with Crippen molar-refractivity contribution in [2.45, 2.75) is 6.10 Å². The highest BCUT2D eigenvalue weighted by Gasteiger charge is 2.26. The molecule has 0 aliphatic carbocycles. The first-order chi connectivity index (χ1) is 9.83. The minimum Gasteiger partial charge on any atom is -0.485 e. The van der Waals surface area contributed by atoms with Gasteiger partial charge in [-0.1, -0.05) is 18.2 Å². The maximum absolute atomic E-state index is 11.9. The molecule has 20 heavy (non-hydrogen) atoms. The van der Waals surface area contributed by atoms with Crippen molar-refractivity contribution in [2.75, 3.05) is 6.61 Å². The van der Waals surface area contributed by atoms with Crippen LogP contribution in [0.5, 0.6) is 11.5 Å². The highest BCUT2D eigenvalue weighted by Crippen LogP contribution is 2.30. The number of carbonyl (C=O) groups excluding carboxylic acids is 1. The summed E-state index contributed by atoms with van der Waals surface area (Å²) in [5, 5.41) is 5.84. The van der Waals surface area contributed by atoms with Gasteiger partial charge in [-0.05, 0) is 23.6 Å². The summed E-state index contributed by atoms with van der Waals surface area (Å²) in [5.41, 5.74) is 2.45. The number of hydrogen-bond acceptors (Lipinski definition) is 5. The number of nitrogens with zero attached hydrogens (tertiary/aromatic N) is 1. The second-order valence-electron chi connectivity index (χ2n) is 4.11. The molecule has 2 aromatic rings. The monoisotopic (exact) mass is 288 g/mol. The summed E-state index contributed by atoms with van der Waals surface area (Å²) in [6, 6.07) is 11.1. The molecular weight excluding hydrogens is 276 g/mol. The van der Waals surface area contributed by atoms with Crippen molar-refractivity contribution >= 4 is 23.5 Å². The summed E-state index contributed by atoms with van der Waals surface area (Å²) in [4.78, 5) is 12.9. The van der Waals surface area contributed by atoms with E-state index in [1.54, 1.807) is 29.7 Å². The Morgan fingerprint density at radius 1 is 1.30 bits per heavy atom. The number of fused-ring (bicyclic) bond motifs is 1. The van der Waals surface area contributed by atoms with E-state index in [9.17, 15) is 4.79 Å². The highest BCUT2D eigenvalue weighted by molar-refractivity contribution is 7.11. The molecule has 3 rings (SSSR count). The van der Waals surface area contributed by atoms with E-state index in [4.69, 9.17) is 9.47 Å². The summed E-state index contributed by atoms with van der Waals surface area (Å²) < 4.78 is 11.0. The van der Waals surface area contributed by atoms with Gasteiger partial charge in [0.25, 0.3) is 5.91 Å². The third-order valence-electron chi connectivity index (χ3n) is 2.71. The fourth-order valence-corrected chi connectivity index (χ4v) is 2.33. The Morgan fingerprint density at radius 3 is 2.95 bits per heavy atom. The summed E-state index contributed by atoms with van der Waals surface area (Å²) in [6.45, 7) is 0.178. The standard InChI is InChI=1S/C14H12N2O3S/c17-14(16-15-8-10-4-3-7-20-10)13-9-18-11-5-1-2-6-12(11)19-13/h1-8,13H,9H2,(H,16,17)/b15-8+. The maximum Gasteiger partial charge on any atom is 0.284 e. The molecule has 1 aliphatic heterocycles. The lowest BCUT2D eigenvalue weighted by molar-refractivity contribution is -0.130. The fraction of sp³-hybridized carbons (Fsp3) is 0.143. The average molecular weight is 288 g/mol. The number of carbonyl (C=O) groups is 1. The van der Waals surface area contributed by atoms with Gasteiger partial charge in [0.1, 0.15) is 6.61 Å². The van der Waals surface area contributed by atoms with Crippen molar-refractivity contribution in [1.82, 2.24) is 5.43 Å². The van der Waals surface area contributed by atoms with Crippen molar-refractivity contribution in [1.29, 1.82) is 0 Å². The quantitative estimate of drug-likeness (QED) is 0.694. The molecule has 1 aromatic heterocycles. The van der Waals surface area contributed by atoms with Crippen LogP contribution in [0.25, 0.3) is 0 Å². The zero-order chi connectivity index (χ0) is 13.8. The van der Waals surface area contributed by atoms with Crippen molar-refractivity contribution in [3.8, 4) is 11.5 Å². The van der Waals surface area contributed by atoms with Gasteiger partial charge < -0.3 is 9.47 Å². The van der Waals surface area contributed by atoms with E-state index < -0.39 is 6.10 Å². The van der Waals surface area contributed by atoms with Gasteiger partial charge in [-0.15, -0.1) is 11.3 Å². The summed E-state index contributed by atoms with van der Waals surface area (Å²) >= 11 is 1.54. The molecule has 1 aliphatic rings. The Kier molecular flexibility index (Phi) is 3.64. The Hall–Kier alpha value is -2.34. The van der Waals surface area contributed by atoms with Crippen molar-refractivity contribution in [2.24, 2.45) is 5.10 Å². The van der Waals surface area contributed by atoms with Crippen LogP contribution >= 0.6 is 11.3 Å². The van der Waals surface area contributed by atoms with Crippen LogP contribution in [-0.2, 0) is 4.79 Å². The fourth-order valence-electron chi connectivity index (χ4n) is 1.74. The first kappa shape index (κ1) is 12.7. The third-order valence-corrected chi connectivity index (χ3v) is 3.52. The van der Waals surface area contributed by atoms with Crippen LogP contribution in [0, 0.1) is 0 Å². The summed E-state index contributed by atoms with van der Waals surface area (Å²) in [6.07, 6.45) is 0.908. The lowest BCUT2D eigenvalue weighted by Gasteiger charge is -2.24. The van der Waals surface area contributed by atoms with Gasteiger partial charge in [-0.2, -0.15) is 5.10 Å². The van der Waals surface area contributed by atoms with Crippen LogP contribution in [0.4, 0.5) is 0 Å². The van der Waals surface area contributed by atoms with Crippen LogP contribution in [0.15, 0.2) is 46.9 Å². The molecule has 0 bridgehead atoms. The Bertz CT molecular complexity index is 625. The van der Waals surface area contributed by atoms with Crippen LogP contribution < -0.4 is 14.9 Å². The molecule has 0 fully saturated rings. The molecule has 2 heterocycles. The van der Waals surface area contributed by atoms with Gasteiger partial charge in [0.05, 0.1) is 6.21 Å². The number of thiophene rings is 1. The minimum absolute atomic E-state index is 0.178. The zero-order valence-corrected chi connectivity index (χ0v) is 11.3. The Balaban J connectivity index is 1.59. The summed E-state index contributed by atoms with van der Waals surface area (Å²) in [7, 11) is 0. The number of amides is 1. The molecule has 1 amide bonds. The first-order valence-corrected chi connectivity index (χ1v) is 6.96. The largest absolute Gasteiger partial charge is 0.485 e. The molecule has 1 atom stereocenters. The molecule has 0 radical (unpaired) electrons. The lowest BCUT2D eigenvalue weighted by atomic mass is 10.2. The molecule has 1 N–H and O–H groups in total. The number of hydrogen-bond donors (Lipinski definition) is 1. The summed E-state index contributed by atoms with van der Waals surface area (Å²) in [5.74, 6) is 0.895. The number of rotatable bonds is 3. The average Bonchev–Trinajstić information content (AvgIpc) is 3.00. The number of ether oxygens (including phenoxy) is 2. The van der Waals surface area contributed by atoms with Gasteiger partial charge >= 0.3 is 0 Å². The smallest absolute Gasteiger partial charge is 0.284 e. The van der Waals surface area contributed by atoms with E-state index in [0.29, 0.717) is 11.5 Å². The molecule has 1 aromatic carbocycles. The van der Waals surface area contributed by atoms with E-state index >= 15 is 0 Å². The lowest BCUT2D eigenvalue weighted by Crippen LogP contribution is -2.42.